The van der Waals surface area contributed by atoms with Crippen LogP contribution in [0.1, 0.15) is 12.5 Å². The van der Waals surface area contributed by atoms with Gasteiger partial charge in [0, 0.05) is 6.54 Å². The summed E-state index contributed by atoms with van der Waals surface area (Å²) in [5, 5.41) is 1.35. The van der Waals surface area contributed by atoms with E-state index < -0.39 is 0 Å². The number of benzene rings is 1. The van der Waals surface area contributed by atoms with E-state index in [1.54, 1.807) is 6.92 Å². The van der Waals surface area contributed by atoms with Crippen LogP contribution in [0.25, 0.3) is 0 Å². The van der Waals surface area contributed by atoms with E-state index in [9.17, 15) is 4.79 Å². The van der Waals surface area contributed by atoms with Gasteiger partial charge in [-0.3, -0.25) is 9.80 Å². The lowest BCUT2D eigenvalue weighted by atomic mass is 10.2. The van der Waals surface area contributed by atoms with Crippen LogP contribution in [-0.4, -0.2) is 19.1 Å². The molecular weight excluding hydrogens is 206 g/mol. The van der Waals surface area contributed by atoms with Gasteiger partial charge in [-0.2, -0.15) is 0 Å². The van der Waals surface area contributed by atoms with Gasteiger partial charge in [-0.15, -0.1) is 0 Å². The number of carbonyl (C=O) groups excluding carboxylic acids is 1. The first-order valence-corrected chi connectivity index (χ1v) is 5.14. The van der Waals surface area contributed by atoms with Gasteiger partial charge in [0.2, 0.25) is 0 Å². The first-order chi connectivity index (χ1) is 7.67. The monoisotopic (exact) mass is 223 g/mol. The third-order valence-electron chi connectivity index (χ3n) is 2.11. The maximum Gasteiger partial charge on any atom is 0.327 e. The number of hydrogen-bond donors (Lipinski definition) is 2. The van der Waals surface area contributed by atoms with Gasteiger partial charge in [0.15, 0.2) is 0 Å². The molecule has 5 heteroatoms. The normalized spacial score (nSPS) is 9.94. The van der Waals surface area contributed by atoms with Crippen molar-refractivity contribution in [2.24, 2.45) is 11.6 Å². The van der Waals surface area contributed by atoms with Gasteiger partial charge in [-0.25, -0.2) is 5.84 Å². The van der Waals surface area contributed by atoms with E-state index in [0.717, 1.165) is 11.3 Å². The number of esters is 1. The molecule has 0 aliphatic rings. The third-order valence-corrected chi connectivity index (χ3v) is 2.11. The molecule has 0 spiro atoms. The standard InChI is InChI=1S/C11H17N3O2/c1-2-16-11(15)8-14(13)10-5-3-9(7-12)4-6-10/h3-6H,2,7-8,12-13H2,1H3. The fourth-order valence-electron chi connectivity index (χ4n) is 1.26. The molecule has 1 aromatic rings. The van der Waals surface area contributed by atoms with Crippen LogP contribution in [0, 0.1) is 0 Å². The van der Waals surface area contributed by atoms with Gasteiger partial charge in [0.1, 0.15) is 6.54 Å². The summed E-state index contributed by atoms with van der Waals surface area (Å²) in [5.74, 6) is 5.38. The molecule has 0 saturated heterocycles. The zero-order valence-corrected chi connectivity index (χ0v) is 9.35. The van der Waals surface area contributed by atoms with Gasteiger partial charge < -0.3 is 10.5 Å². The molecule has 0 unspecified atom stereocenters. The molecule has 0 radical (unpaired) electrons. The van der Waals surface area contributed by atoms with Crippen molar-refractivity contribution in [3.8, 4) is 0 Å². The highest BCUT2D eigenvalue weighted by atomic mass is 16.5. The quantitative estimate of drug-likeness (QED) is 0.428. The molecule has 1 aromatic carbocycles. The Hall–Kier alpha value is -1.59. The van der Waals surface area contributed by atoms with E-state index in [0.29, 0.717) is 13.2 Å². The van der Waals surface area contributed by atoms with Crippen molar-refractivity contribution >= 4 is 11.7 Å². The molecule has 0 aromatic heterocycles. The number of ether oxygens (including phenoxy) is 1. The number of hydrazine groups is 1. The summed E-state index contributed by atoms with van der Waals surface area (Å²) in [5.41, 5.74) is 7.25. The molecule has 0 aliphatic carbocycles. The van der Waals surface area contributed by atoms with Gasteiger partial charge >= 0.3 is 5.97 Å². The van der Waals surface area contributed by atoms with Gasteiger partial charge in [-0.05, 0) is 24.6 Å². The lowest BCUT2D eigenvalue weighted by molar-refractivity contribution is -0.141. The fraction of sp³-hybridized carbons (Fsp3) is 0.364. The predicted molar refractivity (Wildman–Crippen MR) is 62.5 cm³/mol. The van der Waals surface area contributed by atoms with Crippen LogP contribution in [0.15, 0.2) is 24.3 Å². The molecule has 0 aliphatic heterocycles. The molecule has 4 N–H and O–H groups in total. The highest BCUT2D eigenvalue weighted by Gasteiger charge is 2.08. The number of hydrogen-bond acceptors (Lipinski definition) is 5. The summed E-state index contributed by atoms with van der Waals surface area (Å²) < 4.78 is 4.80. The first-order valence-electron chi connectivity index (χ1n) is 5.14. The van der Waals surface area contributed by atoms with Gasteiger partial charge in [0.25, 0.3) is 0 Å². The highest BCUT2D eigenvalue weighted by Crippen LogP contribution is 2.11. The van der Waals surface area contributed by atoms with E-state index in [1.807, 2.05) is 24.3 Å². The molecule has 16 heavy (non-hydrogen) atoms. The number of nitrogens with two attached hydrogens (primary N) is 2. The molecule has 88 valence electrons. The minimum atomic E-state index is -0.340. The summed E-state index contributed by atoms with van der Waals surface area (Å²) in [6.45, 7) is 2.64. The second kappa shape index (κ2) is 6.09. The number of anilines is 1. The minimum Gasteiger partial charge on any atom is -0.465 e. The maximum atomic E-state index is 11.2. The molecule has 0 heterocycles. The number of rotatable bonds is 5. The van der Waals surface area contributed by atoms with Crippen LogP contribution < -0.4 is 16.6 Å². The van der Waals surface area contributed by atoms with Gasteiger partial charge in [0.05, 0.1) is 12.3 Å². The highest BCUT2D eigenvalue weighted by molar-refractivity contribution is 5.75. The molecule has 0 bridgehead atoms. The van der Waals surface area contributed by atoms with E-state index in [1.165, 1.54) is 5.01 Å². The number of carbonyl (C=O) groups is 1. The Bertz CT molecular complexity index is 338. The van der Waals surface area contributed by atoms with Crippen molar-refractivity contribution in [2.75, 3.05) is 18.2 Å². The van der Waals surface area contributed by atoms with Crippen LogP contribution in [0.5, 0.6) is 0 Å². The van der Waals surface area contributed by atoms with E-state index in [2.05, 4.69) is 0 Å². The summed E-state index contributed by atoms with van der Waals surface area (Å²) >= 11 is 0. The Labute approximate surface area is 94.9 Å². The van der Waals surface area contributed by atoms with E-state index in [-0.39, 0.29) is 12.5 Å². The predicted octanol–water partition coefficient (Wildman–Crippen LogP) is 0.389. The molecule has 0 amide bonds. The molecular formula is C11H17N3O2. The SMILES string of the molecule is CCOC(=O)CN(N)c1ccc(CN)cc1. The lowest BCUT2D eigenvalue weighted by Gasteiger charge is -2.17. The average Bonchev–Trinajstić information content (AvgIpc) is 2.29. The second-order valence-electron chi connectivity index (χ2n) is 3.30. The molecule has 0 saturated carbocycles. The Morgan fingerprint density at radius 2 is 2.00 bits per heavy atom. The van der Waals surface area contributed by atoms with E-state index >= 15 is 0 Å². The Morgan fingerprint density at radius 1 is 1.38 bits per heavy atom. The Balaban J connectivity index is 2.58. The Kier molecular flexibility index (Phi) is 4.75. The summed E-state index contributed by atoms with van der Waals surface area (Å²) in [7, 11) is 0. The first kappa shape index (κ1) is 12.5. The number of nitrogens with zero attached hydrogens (tertiary/aromatic N) is 1. The molecule has 0 atom stereocenters. The maximum absolute atomic E-state index is 11.2. The minimum absolute atomic E-state index is 0.0375. The van der Waals surface area contributed by atoms with Crippen molar-refractivity contribution in [3.63, 3.8) is 0 Å². The fourth-order valence-corrected chi connectivity index (χ4v) is 1.26. The van der Waals surface area contributed by atoms with Crippen LogP contribution >= 0.6 is 0 Å². The second-order valence-corrected chi connectivity index (χ2v) is 3.30. The summed E-state index contributed by atoms with van der Waals surface area (Å²) in [6.07, 6.45) is 0. The Morgan fingerprint density at radius 3 is 2.50 bits per heavy atom. The van der Waals surface area contributed by atoms with E-state index in [4.69, 9.17) is 16.3 Å². The zero-order valence-electron chi connectivity index (χ0n) is 9.35. The van der Waals surface area contributed by atoms with Crippen molar-refractivity contribution in [3.05, 3.63) is 29.8 Å². The lowest BCUT2D eigenvalue weighted by Crippen LogP contribution is -2.36. The van der Waals surface area contributed by atoms with Crippen LogP contribution in [0.3, 0.4) is 0 Å². The van der Waals surface area contributed by atoms with Crippen LogP contribution in [0.4, 0.5) is 5.69 Å². The molecule has 0 fully saturated rings. The van der Waals surface area contributed by atoms with Crippen molar-refractivity contribution in [1.29, 1.82) is 0 Å². The van der Waals surface area contributed by atoms with Crippen molar-refractivity contribution in [2.45, 2.75) is 13.5 Å². The molecule has 5 nitrogen and oxygen atoms in total. The smallest absolute Gasteiger partial charge is 0.327 e. The van der Waals surface area contributed by atoms with Crippen LogP contribution in [0.2, 0.25) is 0 Å². The summed E-state index contributed by atoms with van der Waals surface area (Å²) in [6, 6.07) is 7.39. The summed E-state index contributed by atoms with van der Waals surface area (Å²) in [4.78, 5) is 11.2. The molecule has 1 rings (SSSR count). The third kappa shape index (κ3) is 3.52. The largest absolute Gasteiger partial charge is 0.465 e. The van der Waals surface area contributed by atoms with Crippen LogP contribution in [-0.2, 0) is 16.1 Å². The average molecular weight is 223 g/mol. The van der Waals surface area contributed by atoms with Crippen molar-refractivity contribution in [1.82, 2.24) is 0 Å². The topological polar surface area (TPSA) is 81.6 Å². The van der Waals surface area contributed by atoms with Crippen molar-refractivity contribution < 1.29 is 9.53 Å². The zero-order chi connectivity index (χ0) is 12.0. The van der Waals surface area contributed by atoms with Gasteiger partial charge in [-0.1, -0.05) is 12.1 Å².